The SMILES string of the molecule is O=C(O)NC1CNC(=O)CC1c1ccc(Cl)cc1. The average molecular weight is 269 g/mol. The molecule has 5 nitrogen and oxygen atoms in total. The van der Waals surface area contributed by atoms with Crippen molar-refractivity contribution in [3.8, 4) is 0 Å². The topological polar surface area (TPSA) is 78.4 Å². The molecule has 2 atom stereocenters. The molecule has 1 saturated heterocycles. The average Bonchev–Trinajstić information content (AvgIpc) is 2.32. The Balaban J connectivity index is 2.21. The highest BCUT2D eigenvalue weighted by molar-refractivity contribution is 6.30. The lowest BCUT2D eigenvalue weighted by Crippen LogP contribution is -2.51. The summed E-state index contributed by atoms with van der Waals surface area (Å²) in [7, 11) is 0. The lowest BCUT2D eigenvalue weighted by atomic mass is 9.86. The van der Waals surface area contributed by atoms with Gasteiger partial charge in [-0.1, -0.05) is 23.7 Å². The Morgan fingerprint density at radius 3 is 2.67 bits per heavy atom. The Bertz CT molecular complexity index is 461. The quantitative estimate of drug-likeness (QED) is 0.762. The molecule has 0 bridgehead atoms. The minimum Gasteiger partial charge on any atom is -0.465 e. The number of amides is 2. The summed E-state index contributed by atoms with van der Waals surface area (Å²) in [5.74, 6) is -0.231. The van der Waals surface area contributed by atoms with Crippen LogP contribution in [0.25, 0.3) is 0 Å². The molecule has 6 heteroatoms. The number of carboxylic acid groups (broad SMARTS) is 1. The number of benzene rings is 1. The molecule has 1 aromatic rings. The van der Waals surface area contributed by atoms with Crippen LogP contribution < -0.4 is 10.6 Å². The van der Waals surface area contributed by atoms with E-state index in [0.29, 0.717) is 11.6 Å². The number of nitrogens with one attached hydrogen (secondary N) is 2. The predicted octanol–water partition coefficient (Wildman–Crippen LogP) is 1.58. The zero-order chi connectivity index (χ0) is 13.1. The maximum Gasteiger partial charge on any atom is 0.404 e. The van der Waals surface area contributed by atoms with Crippen LogP contribution >= 0.6 is 11.6 Å². The van der Waals surface area contributed by atoms with Gasteiger partial charge in [0.25, 0.3) is 0 Å². The maximum atomic E-state index is 11.4. The molecule has 96 valence electrons. The van der Waals surface area contributed by atoms with E-state index in [1.165, 1.54) is 0 Å². The van der Waals surface area contributed by atoms with Crippen LogP contribution in [0.4, 0.5) is 4.79 Å². The van der Waals surface area contributed by atoms with Crippen molar-refractivity contribution in [2.75, 3.05) is 6.54 Å². The first-order chi connectivity index (χ1) is 8.56. The Hall–Kier alpha value is -1.75. The van der Waals surface area contributed by atoms with Gasteiger partial charge in [0.05, 0.1) is 6.04 Å². The first-order valence-corrected chi connectivity index (χ1v) is 5.95. The monoisotopic (exact) mass is 268 g/mol. The molecule has 1 aliphatic rings. The van der Waals surface area contributed by atoms with Crippen LogP contribution in [0.1, 0.15) is 17.9 Å². The van der Waals surface area contributed by atoms with E-state index in [1.807, 2.05) is 12.1 Å². The van der Waals surface area contributed by atoms with E-state index in [1.54, 1.807) is 12.1 Å². The van der Waals surface area contributed by atoms with Gasteiger partial charge in [0.2, 0.25) is 5.91 Å². The largest absolute Gasteiger partial charge is 0.465 e. The van der Waals surface area contributed by atoms with E-state index in [4.69, 9.17) is 16.7 Å². The van der Waals surface area contributed by atoms with Crippen molar-refractivity contribution < 1.29 is 14.7 Å². The van der Waals surface area contributed by atoms with Crippen LogP contribution in [0.15, 0.2) is 24.3 Å². The van der Waals surface area contributed by atoms with Gasteiger partial charge in [-0.25, -0.2) is 4.79 Å². The molecule has 1 heterocycles. The molecular weight excluding hydrogens is 256 g/mol. The normalized spacial score (nSPS) is 23.3. The molecule has 0 aromatic heterocycles. The van der Waals surface area contributed by atoms with Gasteiger partial charge >= 0.3 is 6.09 Å². The third kappa shape index (κ3) is 2.92. The van der Waals surface area contributed by atoms with Gasteiger partial charge in [-0.3, -0.25) is 4.79 Å². The van der Waals surface area contributed by atoms with Crippen LogP contribution in [-0.4, -0.2) is 29.7 Å². The first kappa shape index (κ1) is 12.7. The van der Waals surface area contributed by atoms with Crippen molar-refractivity contribution in [1.29, 1.82) is 0 Å². The molecular formula is C12H13ClN2O3. The molecule has 3 N–H and O–H groups in total. The van der Waals surface area contributed by atoms with Gasteiger partial charge in [0.1, 0.15) is 0 Å². The highest BCUT2D eigenvalue weighted by Crippen LogP contribution is 2.27. The van der Waals surface area contributed by atoms with Crippen LogP contribution in [0.5, 0.6) is 0 Å². The second-order valence-corrected chi connectivity index (χ2v) is 4.66. The second-order valence-electron chi connectivity index (χ2n) is 4.22. The van der Waals surface area contributed by atoms with E-state index < -0.39 is 6.09 Å². The van der Waals surface area contributed by atoms with Crippen molar-refractivity contribution in [2.45, 2.75) is 18.4 Å². The Morgan fingerprint density at radius 1 is 1.39 bits per heavy atom. The van der Waals surface area contributed by atoms with Crippen molar-refractivity contribution in [2.24, 2.45) is 0 Å². The molecule has 2 rings (SSSR count). The Morgan fingerprint density at radius 2 is 2.06 bits per heavy atom. The van der Waals surface area contributed by atoms with E-state index >= 15 is 0 Å². The van der Waals surface area contributed by atoms with Crippen LogP contribution in [-0.2, 0) is 4.79 Å². The summed E-state index contributed by atoms with van der Waals surface area (Å²) in [5, 5.41) is 14.5. The summed E-state index contributed by atoms with van der Waals surface area (Å²) in [6, 6.07) is 6.80. The third-order valence-electron chi connectivity index (χ3n) is 3.02. The highest BCUT2D eigenvalue weighted by atomic mass is 35.5. The van der Waals surface area contributed by atoms with Crippen molar-refractivity contribution in [3.63, 3.8) is 0 Å². The fourth-order valence-corrected chi connectivity index (χ4v) is 2.28. The summed E-state index contributed by atoms with van der Waals surface area (Å²) in [6.07, 6.45) is -0.817. The van der Waals surface area contributed by atoms with Crippen molar-refractivity contribution in [3.05, 3.63) is 34.9 Å². The summed E-state index contributed by atoms with van der Waals surface area (Å²) in [6.45, 7) is 0.304. The van der Waals surface area contributed by atoms with Crippen molar-refractivity contribution in [1.82, 2.24) is 10.6 Å². The number of halogens is 1. The predicted molar refractivity (Wildman–Crippen MR) is 66.8 cm³/mol. The standard InChI is InChI=1S/C12H13ClN2O3/c13-8-3-1-7(2-4-8)9-5-11(16)14-6-10(9)15-12(17)18/h1-4,9-10,15H,5-6H2,(H,14,16)(H,17,18). The number of rotatable bonds is 2. The summed E-state index contributed by atoms with van der Waals surface area (Å²) >= 11 is 5.81. The number of carbonyl (C=O) groups excluding carboxylic acids is 1. The molecule has 2 amide bonds. The third-order valence-corrected chi connectivity index (χ3v) is 3.27. The minimum absolute atomic E-state index is 0.0709. The molecule has 2 unspecified atom stereocenters. The van der Waals surface area contributed by atoms with E-state index in [2.05, 4.69) is 10.6 Å². The van der Waals surface area contributed by atoms with Gasteiger partial charge in [-0.15, -0.1) is 0 Å². The molecule has 0 saturated carbocycles. The van der Waals surface area contributed by atoms with E-state index in [-0.39, 0.29) is 24.3 Å². The van der Waals surface area contributed by atoms with Crippen LogP contribution in [0.3, 0.4) is 0 Å². The molecule has 0 aliphatic carbocycles. The summed E-state index contributed by atoms with van der Waals surface area (Å²) in [5.41, 5.74) is 0.910. The van der Waals surface area contributed by atoms with E-state index in [9.17, 15) is 9.59 Å². The smallest absolute Gasteiger partial charge is 0.404 e. The summed E-state index contributed by atoms with van der Waals surface area (Å²) in [4.78, 5) is 22.2. The fraction of sp³-hybridized carbons (Fsp3) is 0.333. The zero-order valence-corrected chi connectivity index (χ0v) is 10.3. The molecule has 1 fully saturated rings. The second kappa shape index (κ2) is 5.27. The van der Waals surface area contributed by atoms with Crippen molar-refractivity contribution >= 4 is 23.6 Å². The Labute approximate surface area is 109 Å². The first-order valence-electron chi connectivity index (χ1n) is 5.58. The Kier molecular flexibility index (Phi) is 3.72. The number of hydrogen-bond donors (Lipinski definition) is 3. The highest BCUT2D eigenvalue weighted by Gasteiger charge is 2.31. The van der Waals surface area contributed by atoms with Gasteiger partial charge in [0.15, 0.2) is 0 Å². The van der Waals surface area contributed by atoms with Crippen LogP contribution in [0.2, 0.25) is 5.02 Å². The van der Waals surface area contributed by atoms with Gasteiger partial charge in [0, 0.05) is 23.9 Å². The van der Waals surface area contributed by atoms with Crippen LogP contribution in [0, 0.1) is 0 Å². The van der Waals surface area contributed by atoms with E-state index in [0.717, 1.165) is 5.56 Å². The molecule has 1 aromatic carbocycles. The molecule has 18 heavy (non-hydrogen) atoms. The minimum atomic E-state index is -1.09. The van der Waals surface area contributed by atoms with Gasteiger partial charge in [-0.05, 0) is 17.7 Å². The lowest BCUT2D eigenvalue weighted by molar-refractivity contribution is -0.123. The van der Waals surface area contributed by atoms with Gasteiger partial charge < -0.3 is 15.7 Å². The number of hydrogen-bond acceptors (Lipinski definition) is 2. The maximum absolute atomic E-state index is 11.4. The zero-order valence-electron chi connectivity index (χ0n) is 9.52. The summed E-state index contributed by atoms with van der Waals surface area (Å²) < 4.78 is 0. The molecule has 1 aliphatic heterocycles. The fourth-order valence-electron chi connectivity index (χ4n) is 2.15. The number of piperidine rings is 1. The molecule has 0 spiro atoms. The van der Waals surface area contributed by atoms with Gasteiger partial charge in [-0.2, -0.15) is 0 Å². The lowest BCUT2D eigenvalue weighted by Gasteiger charge is -2.31. The number of carbonyl (C=O) groups is 2. The molecule has 0 radical (unpaired) electrons.